The highest BCUT2D eigenvalue weighted by atomic mass is 16.5. The molecule has 0 unspecified atom stereocenters. The average Bonchev–Trinajstić information content (AvgIpc) is 2.60. The summed E-state index contributed by atoms with van der Waals surface area (Å²) in [5.41, 5.74) is 1.41. The van der Waals surface area contributed by atoms with Crippen LogP contribution in [-0.2, 0) is 11.3 Å². The summed E-state index contributed by atoms with van der Waals surface area (Å²) >= 11 is 0. The Kier molecular flexibility index (Phi) is 5.48. The van der Waals surface area contributed by atoms with Crippen molar-refractivity contribution in [1.82, 2.24) is 15.6 Å². The number of pyridine rings is 1. The first-order valence-electron chi connectivity index (χ1n) is 8.46. The van der Waals surface area contributed by atoms with Gasteiger partial charge in [0.2, 0.25) is 5.56 Å². The molecule has 6 nitrogen and oxygen atoms in total. The van der Waals surface area contributed by atoms with E-state index in [1.54, 1.807) is 0 Å². The van der Waals surface area contributed by atoms with Crippen LogP contribution in [0.3, 0.4) is 0 Å². The van der Waals surface area contributed by atoms with Crippen LogP contribution in [0.15, 0.2) is 35.1 Å². The second-order valence-corrected chi connectivity index (χ2v) is 6.09. The Balaban J connectivity index is 1.50. The predicted molar refractivity (Wildman–Crippen MR) is 93.0 cm³/mol. The number of rotatable bonds is 5. The zero-order valence-electron chi connectivity index (χ0n) is 13.6. The summed E-state index contributed by atoms with van der Waals surface area (Å²) in [5.74, 6) is 0. The number of hydrogen-bond donors (Lipinski definition) is 3. The van der Waals surface area contributed by atoms with Crippen LogP contribution in [0.5, 0.6) is 0 Å². The van der Waals surface area contributed by atoms with Crippen molar-refractivity contribution in [2.24, 2.45) is 0 Å². The number of H-pyrrole nitrogens is 1. The first kappa shape index (κ1) is 16.5. The van der Waals surface area contributed by atoms with E-state index in [2.05, 4.69) is 15.6 Å². The third kappa shape index (κ3) is 4.35. The van der Waals surface area contributed by atoms with Crippen molar-refractivity contribution in [3.8, 4) is 0 Å². The monoisotopic (exact) mass is 329 g/mol. The minimum atomic E-state index is -0.227. The Morgan fingerprint density at radius 3 is 2.96 bits per heavy atom. The van der Waals surface area contributed by atoms with Gasteiger partial charge in [0.05, 0.1) is 6.10 Å². The van der Waals surface area contributed by atoms with E-state index < -0.39 is 0 Å². The van der Waals surface area contributed by atoms with Gasteiger partial charge in [-0.25, -0.2) is 4.79 Å². The lowest BCUT2D eigenvalue weighted by molar-refractivity contribution is 0.0120. The van der Waals surface area contributed by atoms with Gasteiger partial charge < -0.3 is 20.4 Å². The molecule has 0 spiro atoms. The lowest BCUT2D eigenvalue weighted by atomic mass is 10.1. The average molecular weight is 329 g/mol. The Morgan fingerprint density at radius 1 is 1.25 bits per heavy atom. The summed E-state index contributed by atoms with van der Waals surface area (Å²) in [6, 6.07) is 8.86. The van der Waals surface area contributed by atoms with E-state index >= 15 is 0 Å². The van der Waals surface area contributed by atoms with Crippen molar-refractivity contribution in [3.05, 3.63) is 46.2 Å². The number of aromatic amines is 1. The number of amides is 2. The number of nitrogens with one attached hydrogen (secondary N) is 3. The lowest BCUT2D eigenvalue weighted by Gasteiger charge is -2.22. The fourth-order valence-electron chi connectivity index (χ4n) is 3.04. The van der Waals surface area contributed by atoms with Crippen LogP contribution in [0.4, 0.5) is 4.79 Å². The molecule has 1 saturated heterocycles. The molecular formula is C18H23N3O3. The van der Waals surface area contributed by atoms with Gasteiger partial charge in [0.15, 0.2) is 0 Å². The molecule has 1 atom stereocenters. The molecule has 128 valence electrons. The van der Waals surface area contributed by atoms with Crippen molar-refractivity contribution >= 4 is 16.9 Å². The van der Waals surface area contributed by atoms with Crippen molar-refractivity contribution < 1.29 is 9.53 Å². The summed E-state index contributed by atoms with van der Waals surface area (Å²) in [6.07, 6.45) is 4.50. The minimum Gasteiger partial charge on any atom is -0.378 e. The maximum atomic E-state index is 11.9. The fourth-order valence-corrected chi connectivity index (χ4v) is 3.04. The summed E-state index contributed by atoms with van der Waals surface area (Å²) in [4.78, 5) is 26.4. The van der Waals surface area contributed by atoms with Crippen LogP contribution >= 0.6 is 0 Å². The van der Waals surface area contributed by atoms with Gasteiger partial charge in [-0.1, -0.05) is 18.2 Å². The quantitative estimate of drug-likeness (QED) is 0.787. The molecule has 1 aromatic heterocycles. The van der Waals surface area contributed by atoms with Crippen LogP contribution in [0.2, 0.25) is 0 Å². The molecule has 1 fully saturated rings. The first-order valence-corrected chi connectivity index (χ1v) is 8.46. The van der Waals surface area contributed by atoms with Gasteiger partial charge in [0.1, 0.15) is 0 Å². The number of aromatic nitrogens is 1. The largest absolute Gasteiger partial charge is 0.378 e. The van der Waals surface area contributed by atoms with Crippen molar-refractivity contribution in [1.29, 1.82) is 0 Å². The molecule has 2 amide bonds. The Morgan fingerprint density at radius 2 is 2.12 bits per heavy atom. The van der Waals surface area contributed by atoms with Crippen molar-refractivity contribution in [3.63, 3.8) is 0 Å². The smallest absolute Gasteiger partial charge is 0.315 e. The van der Waals surface area contributed by atoms with Crippen LogP contribution in [0.1, 0.15) is 31.2 Å². The molecule has 3 rings (SSSR count). The highest BCUT2D eigenvalue weighted by Crippen LogP contribution is 2.15. The second kappa shape index (κ2) is 7.97. The van der Waals surface area contributed by atoms with E-state index in [-0.39, 0.29) is 17.7 Å². The van der Waals surface area contributed by atoms with Gasteiger partial charge in [-0.3, -0.25) is 4.79 Å². The molecule has 0 saturated carbocycles. The van der Waals surface area contributed by atoms with Crippen LogP contribution < -0.4 is 16.2 Å². The van der Waals surface area contributed by atoms with Gasteiger partial charge in [0.25, 0.3) is 0 Å². The molecule has 0 radical (unpaired) electrons. The van der Waals surface area contributed by atoms with Gasteiger partial charge in [-0.05, 0) is 37.3 Å². The van der Waals surface area contributed by atoms with Gasteiger partial charge >= 0.3 is 6.03 Å². The van der Waals surface area contributed by atoms with Gasteiger partial charge in [-0.15, -0.1) is 0 Å². The molecule has 2 heterocycles. The summed E-state index contributed by atoms with van der Waals surface area (Å²) in [6.45, 7) is 1.73. The highest BCUT2D eigenvalue weighted by molar-refractivity contribution is 5.82. The lowest BCUT2D eigenvalue weighted by Crippen LogP contribution is -2.37. The third-order valence-electron chi connectivity index (χ3n) is 4.30. The molecular weight excluding hydrogens is 306 g/mol. The van der Waals surface area contributed by atoms with Crippen molar-refractivity contribution in [2.45, 2.75) is 38.3 Å². The second-order valence-electron chi connectivity index (χ2n) is 6.09. The Labute approximate surface area is 140 Å². The van der Waals surface area contributed by atoms with E-state index in [4.69, 9.17) is 4.74 Å². The highest BCUT2D eigenvalue weighted by Gasteiger charge is 2.13. The van der Waals surface area contributed by atoms with E-state index in [0.717, 1.165) is 42.3 Å². The Hall–Kier alpha value is -2.34. The predicted octanol–water partition coefficient (Wildman–Crippen LogP) is 2.29. The topological polar surface area (TPSA) is 83.2 Å². The number of carbonyl (C=O) groups is 1. The number of urea groups is 1. The van der Waals surface area contributed by atoms with Crippen LogP contribution in [0.25, 0.3) is 10.9 Å². The fraction of sp³-hybridized carbons (Fsp3) is 0.444. The number of benzene rings is 1. The zero-order chi connectivity index (χ0) is 16.8. The first-order chi connectivity index (χ1) is 11.7. The maximum absolute atomic E-state index is 11.9. The molecule has 0 bridgehead atoms. The van der Waals surface area contributed by atoms with Crippen molar-refractivity contribution in [2.75, 3.05) is 13.2 Å². The zero-order valence-corrected chi connectivity index (χ0v) is 13.6. The molecule has 3 N–H and O–H groups in total. The van der Waals surface area contributed by atoms with E-state index in [1.807, 2.05) is 24.3 Å². The number of para-hydroxylation sites is 1. The molecule has 1 aromatic carbocycles. The number of hydrogen-bond acceptors (Lipinski definition) is 3. The molecule has 2 aromatic rings. The normalized spacial score (nSPS) is 17.6. The minimum absolute atomic E-state index is 0.166. The third-order valence-corrected chi connectivity index (χ3v) is 4.30. The number of carbonyl (C=O) groups excluding carboxylic acids is 1. The van der Waals surface area contributed by atoms with E-state index in [9.17, 15) is 9.59 Å². The summed E-state index contributed by atoms with van der Waals surface area (Å²) < 4.78 is 5.64. The molecule has 0 aliphatic carbocycles. The van der Waals surface area contributed by atoms with Gasteiger partial charge in [0, 0.05) is 36.7 Å². The Bertz CT molecular complexity index is 751. The van der Waals surface area contributed by atoms with Crippen LogP contribution in [0, 0.1) is 0 Å². The summed E-state index contributed by atoms with van der Waals surface area (Å²) in [7, 11) is 0. The molecule has 1 aliphatic heterocycles. The molecule has 24 heavy (non-hydrogen) atoms. The summed E-state index contributed by atoms with van der Waals surface area (Å²) in [5, 5.41) is 6.60. The van der Waals surface area contributed by atoms with E-state index in [0.29, 0.717) is 13.1 Å². The number of fused-ring (bicyclic) bond motifs is 1. The SMILES string of the molecule is O=C(NCC[C@H]1CCCCO1)NCc1cc(=O)[nH]c2ccccc12. The molecule has 1 aliphatic rings. The molecule has 6 heteroatoms. The van der Waals surface area contributed by atoms with Crippen LogP contribution in [-0.4, -0.2) is 30.3 Å². The number of ether oxygens (including phenoxy) is 1. The standard InChI is InChI=1S/C18H23N3O3/c22-17-11-13(15-6-1-2-7-16(15)21-17)12-20-18(23)19-9-8-14-5-3-4-10-24-14/h1-2,6-7,11,14H,3-5,8-10,12H2,(H,21,22)(H2,19,20,23)/t14-/m1/s1. The van der Waals surface area contributed by atoms with E-state index in [1.165, 1.54) is 12.5 Å². The maximum Gasteiger partial charge on any atom is 0.315 e. The van der Waals surface area contributed by atoms with Gasteiger partial charge in [-0.2, -0.15) is 0 Å².